The molecule has 2 heterocycles. The Kier molecular flexibility index (Phi) is 4.96. The number of carbonyl (C=O) groups is 1. The van der Waals surface area contributed by atoms with Crippen molar-refractivity contribution in [1.29, 1.82) is 0 Å². The maximum absolute atomic E-state index is 12.0. The second-order valence-corrected chi connectivity index (χ2v) is 4.20. The van der Waals surface area contributed by atoms with Gasteiger partial charge in [-0.05, 0) is 39.8 Å². The summed E-state index contributed by atoms with van der Waals surface area (Å²) in [7, 11) is 0. The fraction of sp³-hybridized carbons (Fsp3) is 0.636. The molecular weight excluding hydrogens is 242 g/mol. The summed E-state index contributed by atoms with van der Waals surface area (Å²) >= 11 is 0. The summed E-state index contributed by atoms with van der Waals surface area (Å²) < 4.78 is 4.98. The van der Waals surface area contributed by atoms with Gasteiger partial charge in [-0.3, -0.25) is 4.79 Å². The average molecular weight is 260 g/mol. The van der Waals surface area contributed by atoms with Crippen molar-refractivity contribution < 1.29 is 9.32 Å². The lowest BCUT2D eigenvalue weighted by Crippen LogP contribution is -2.42. The number of aromatic nitrogens is 1. The van der Waals surface area contributed by atoms with Crippen molar-refractivity contribution in [2.24, 2.45) is 0 Å². The van der Waals surface area contributed by atoms with Gasteiger partial charge in [-0.1, -0.05) is 5.16 Å². The number of amides is 1. The first-order chi connectivity index (χ1) is 7.68. The van der Waals surface area contributed by atoms with E-state index in [9.17, 15) is 4.79 Å². The number of hydrogen-bond acceptors (Lipinski definition) is 4. The van der Waals surface area contributed by atoms with Crippen molar-refractivity contribution in [3.05, 3.63) is 17.0 Å². The average Bonchev–Trinajstić information content (AvgIpc) is 2.60. The van der Waals surface area contributed by atoms with Crippen molar-refractivity contribution in [3.8, 4) is 0 Å². The molecule has 0 aromatic carbocycles. The molecule has 96 valence electrons. The molecule has 1 aliphatic heterocycles. The molecule has 0 atom stereocenters. The van der Waals surface area contributed by atoms with Crippen LogP contribution in [-0.2, 0) is 0 Å². The zero-order chi connectivity index (χ0) is 11.5. The summed E-state index contributed by atoms with van der Waals surface area (Å²) in [4.78, 5) is 12.0. The number of piperidine rings is 1. The first-order valence-corrected chi connectivity index (χ1v) is 5.63. The fourth-order valence-electron chi connectivity index (χ4n) is 2.03. The number of carbonyl (C=O) groups excluding carboxylic acids is 1. The van der Waals surface area contributed by atoms with E-state index >= 15 is 0 Å². The number of nitrogens with zero attached hydrogens (tertiary/aromatic N) is 1. The van der Waals surface area contributed by atoms with Gasteiger partial charge in [0.25, 0.3) is 5.91 Å². The highest BCUT2D eigenvalue weighted by Crippen LogP contribution is 2.13. The van der Waals surface area contributed by atoms with Gasteiger partial charge in [0.1, 0.15) is 11.3 Å². The van der Waals surface area contributed by atoms with Gasteiger partial charge in [-0.15, -0.1) is 12.4 Å². The minimum absolute atomic E-state index is 0. The Morgan fingerprint density at radius 1 is 1.41 bits per heavy atom. The molecule has 1 aromatic heterocycles. The third-order valence-electron chi connectivity index (χ3n) is 2.93. The molecule has 0 spiro atoms. The molecule has 1 amide bonds. The van der Waals surface area contributed by atoms with Crippen LogP contribution in [0, 0.1) is 13.8 Å². The predicted octanol–water partition coefficient (Wildman–Crippen LogP) is 1.20. The second kappa shape index (κ2) is 6.02. The Hall–Kier alpha value is -1.07. The molecule has 0 bridgehead atoms. The van der Waals surface area contributed by atoms with E-state index in [1.165, 1.54) is 0 Å². The van der Waals surface area contributed by atoms with Crippen LogP contribution in [0.25, 0.3) is 0 Å². The van der Waals surface area contributed by atoms with Gasteiger partial charge in [0.05, 0.1) is 5.69 Å². The maximum Gasteiger partial charge on any atom is 0.257 e. The predicted molar refractivity (Wildman–Crippen MR) is 66.6 cm³/mol. The number of rotatable bonds is 2. The molecule has 0 unspecified atom stereocenters. The molecular formula is C11H18ClN3O2. The zero-order valence-electron chi connectivity index (χ0n) is 10.1. The molecule has 0 saturated carbocycles. The van der Waals surface area contributed by atoms with Gasteiger partial charge >= 0.3 is 0 Å². The van der Waals surface area contributed by atoms with E-state index in [1.54, 1.807) is 13.8 Å². The van der Waals surface area contributed by atoms with E-state index in [0.29, 0.717) is 17.0 Å². The summed E-state index contributed by atoms with van der Waals surface area (Å²) in [5.74, 6) is 0.520. The van der Waals surface area contributed by atoms with Crippen LogP contribution in [0.3, 0.4) is 0 Å². The molecule has 2 N–H and O–H groups in total. The fourth-order valence-corrected chi connectivity index (χ4v) is 2.03. The van der Waals surface area contributed by atoms with Crippen LogP contribution in [0.5, 0.6) is 0 Å². The molecule has 0 radical (unpaired) electrons. The number of nitrogens with one attached hydrogen (secondary N) is 2. The topological polar surface area (TPSA) is 67.2 Å². The van der Waals surface area contributed by atoms with E-state index in [0.717, 1.165) is 25.9 Å². The Morgan fingerprint density at radius 2 is 2.06 bits per heavy atom. The van der Waals surface area contributed by atoms with Crippen LogP contribution in [0.4, 0.5) is 0 Å². The Bertz CT molecular complexity index is 367. The monoisotopic (exact) mass is 259 g/mol. The van der Waals surface area contributed by atoms with E-state index in [1.807, 2.05) is 0 Å². The van der Waals surface area contributed by atoms with E-state index < -0.39 is 0 Å². The van der Waals surface area contributed by atoms with Crippen molar-refractivity contribution in [3.63, 3.8) is 0 Å². The van der Waals surface area contributed by atoms with Crippen LogP contribution in [0.2, 0.25) is 0 Å². The first kappa shape index (κ1) is 14.0. The molecule has 1 aromatic rings. The SMILES string of the molecule is Cc1noc(C)c1C(=O)NC1CCNCC1.Cl. The van der Waals surface area contributed by atoms with E-state index in [2.05, 4.69) is 15.8 Å². The number of aryl methyl sites for hydroxylation is 2. The lowest BCUT2D eigenvalue weighted by molar-refractivity contribution is 0.0927. The highest BCUT2D eigenvalue weighted by atomic mass is 35.5. The van der Waals surface area contributed by atoms with Crippen LogP contribution < -0.4 is 10.6 Å². The Morgan fingerprint density at radius 3 is 2.59 bits per heavy atom. The van der Waals surface area contributed by atoms with Crippen molar-refractivity contribution in [2.45, 2.75) is 32.7 Å². The molecule has 2 rings (SSSR count). The summed E-state index contributed by atoms with van der Waals surface area (Å²) in [6, 6.07) is 0.266. The van der Waals surface area contributed by atoms with Gasteiger partial charge in [-0.2, -0.15) is 0 Å². The molecule has 1 aliphatic rings. The highest BCUT2D eigenvalue weighted by Gasteiger charge is 2.21. The normalized spacial score (nSPS) is 16.4. The Balaban J connectivity index is 0.00000144. The molecule has 1 fully saturated rings. The van der Waals surface area contributed by atoms with Gasteiger partial charge in [-0.25, -0.2) is 0 Å². The standard InChI is InChI=1S/C11H17N3O2.ClH/c1-7-10(8(2)16-14-7)11(15)13-9-3-5-12-6-4-9;/h9,12H,3-6H2,1-2H3,(H,13,15);1H. The zero-order valence-corrected chi connectivity index (χ0v) is 10.9. The second-order valence-electron chi connectivity index (χ2n) is 4.20. The number of halogens is 1. The first-order valence-electron chi connectivity index (χ1n) is 5.63. The molecule has 0 aliphatic carbocycles. The lowest BCUT2D eigenvalue weighted by atomic mass is 10.1. The van der Waals surface area contributed by atoms with Crippen LogP contribution >= 0.6 is 12.4 Å². The third kappa shape index (κ3) is 3.20. The van der Waals surface area contributed by atoms with Gasteiger partial charge < -0.3 is 15.2 Å². The molecule has 17 heavy (non-hydrogen) atoms. The highest BCUT2D eigenvalue weighted by molar-refractivity contribution is 5.96. The van der Waals surface area contributed by atoms with Crippen molar-refractivity contribution in [1.82, 2.24) is 15.8 Å². The van der Waals surface area contributed by atoms with E-state index in [-0.39, 0.29) is 24.4 Å². The smallest absolute Gasteiger partial charge is 0.257 e. The Labute approximate surface area is 107 Å². The molecule has 5 nitrogen and oxygen atoms in total. The van der Waals surface area contributed by atoms with Gasteiger partial charge in [0.2, 0.25) is 0 Å². The van der Waals surface area contributed by atoms with Crippen LogP contribution in [0.1, 0.15) is 34.7 Å². The van der Waals surface area contributed by atoms with Gasteiger partial charge in [0, 0.05) is 6.04 Å². The minimum atomic E-state index is -0.0665. The lowest BCUT2D eigenvalue weighted by Gasteiger charge is -2.23. The van der Waals surface area contributed by atoms with E-state index in [4.69, 9.17) is 4.52 Å². The van der Waals surface area contributed by atoms with Crippen LogP contribution in [-0.4, -0.2) is 30.2 Å². The molecule has 6 heteroatoms. The minimum Gasteiger partial charge on any atom is -0.361 e. The summed E-state index contributed by atoms with van der Waals surface area (Å²) in [5, 5.41) is 10.1. The summed E-state index contributed by atoms with van der Waals surface area (Å²) in [6.07, 6.45) is 1.96. The quantitative estimate of drug-likeness (QED) is 0.837. The summed E-state index contributed by atoms with van der Waals surface area (Å²) in [6.45, 7) is 5.48. The van der Waals surface area contributed by atoms with Crippen LogP contribution in [0.15, 0.2) is 4.52 Å². The largest absolute Gasteiger partial charge is 0.361 e. The molecule has 1 saturated heterocycles. The number of hydrogen-bond donors (Lipinski definition) is 2. The van der Waals surface area contributed by atoms with Crippen molar-refractivity contribution in [2.75, 3.05) is 13.1 Å². The van der Waals surface area contributed by atoms with Crippen molar-refractivity contribution >= 4 is 18.3 Å². The third-order valence-corrected chi connectivity index (χ3v) is 2.93. The summed E-state index contributed by atoms with van der Waals surface area (Å²) in [5.41, 5.74) is 1.24. The maximum atomic E-state index is 12.0. The van der Waals surface area contributed by atoms with Gasteiger partial charge in [0.15, 0.2) is 0 Å².